The number of hydrogen-bond donors (Lipinski definition) is 0. The highest BCUT2D eigenvalue weighted by Crippen LogP contribution is 2.43. The number of hydrogen-bond acceptors (Lipinski definition) is 1. The minimum absolute atomic E-state index is 0.880. The lowest BCUT2D eigenvalue weighted by Gasteiger charge is -2.15. The van der Waals surface area contributed by atoms with Gasteiger partial charge in [-0.3, -0.25) is 4.57 Å². The highest BCUT2D eigenvalue weighted by molar-refractivity contribution is 6.30. The number of para-hydroxylation sites is 2. The molecule has 0 amide bonds. The highest BCUT2D eigenvalue weighted by atomic mass is 15.1. The van der Waals surface area contributed by atoms with Crippen molar-refractivity contribution in [3.8, 4) is 50.5 Å². The van der Waals surface area contributed by atoms with Crippen molar-refractivity contribution in [3.05, 3.63) is 212 Å². The second-order valence-electron chi connectivity index (χ2n) is 15.2. The fourth-order valence-corrected chi connectivity index (χ4v) is 9.24. The van der Waals surface area contributed by atoms with Gasteiger partial charge in [-0.25, -0.2) is 4.98 Å². The van der Waals surface area contributed by atoms with Crippen LogP contribution in [-0.4, -0.2) is 14.0 Å². The zero-order valence-corrected chi connectivity index (χ0v) is 31.5. The topological polar surface area (TPSA) is 22.2 Å². The monoisotopic (exact) mass is 737 g/mol. The molecule has 4 heterocycles. The Balaban J connectivity index is 1.17. The molecule has 4 aromatic heterocycles. The maximum Gasteiger partial charge on any atom is 0.138 e. The van der Waals surface area contributed by atoms with Gasteiger partial charge in [-0.15, -0.1) is 0 Å². The van der Waals surface area contributed by atoms with Crippen LogP contribution in [0.25, 0.3) is 110 Å². The van der Waals surface area contributed by atoms with Crippen molar-refractivity contribution in [1.29, 1.82) is 0 Å². The molecule has 3 nitrogen and oxygen atoms in total. The molecular formula is C55H35N3. The third-order valence-corrected chi connectivity index (χ3v) is 11.8. The predicted molar refractivity (Wildman–Crippen MR) is 244 cm³/mol. The van der Waals surface area contributed by atoms with Crippen molar-refractivity contribution < 1.29 is 0 Å². The van der Waals surface area contributed by atoms with Crippen molar-refractivity contribution in [1.82, 2.24) is 14.0 Å². The molecule has 0 aliphatic rings. The molecule has 12 aromatic rings. The number of benzene rings is 8. The van der Waals surface area contributed by atoms with E-state index >= 15 is 0 Å². The van der Waals surface area contributed by atoms with Crippen LogP contribution in [0.5, 0.6) is 0 Å². The molecule has 0 bridgehead atoms. The van der Waals surface area contributed by atoms with E-state index in [0.717, 1.165) is 44.8 Å². The van der Waals surface area contributed by atoms with E-state index in [0.29, 0.717) is 0 Å². The standard InChI is InChI=1S/C55H35N3/c1-3-15-36(16-4-1)38-20-13-22-40(31-38)43-33-47(41-23-14-21-39(32-41)37-17-5-2-6-18-37)56-53(35-43)58-49-28-12-10-26-46(49)55-51(58)30-29-50-54(55)45-25-9-8-24-44(45)52-34-42-19-7-11-27-48(42)57(50)52/h1-35H. The Hall–Kier alpha value is -7.75. The summed E-state index contributed by atoms with van der Waals surface area (Å²) in [6.45, 7) is 0. The lowest BCUT2D eigenvalue weighted by atomic mass is 9.97. The van der Waals surface area contributed by atoms with Crippen LogP contribution in [0, 0.1) is 0 Å². The van der Waals surface area contributed by atoms with Crippen molar-refractivity contribution in [2.75, 3.05) is 0 Å². The first kappa shape index (κ1) is 32.5. The maximum atomic E-state index is 5.57. The van der Waals surface area contributed by atoms with Gasteiger partial charge in [-0.1, -0.05) is 158 Å². The number of rotatable bonds is 5. The summed E-state index contributed by atoms with van der Waals surface area (Å²) in [5, 5.41) is 7.42. The molecule has 0 spiro atoms. The first-order valence-electron chi connectivity index (χ1n) is 19.9. The molecule has 0 atom stereocenters. The summed E-state index contributed by atoms with van der Waals surface area (Å²) < 4.78 is 4.83. The summed E-state index contributed by atoms with van der Waals surface area (Å²) in [5.74, 6) is 0.880. The molecule has 0 saturated carbocycles. The summed E-state index contributed by atoms with van der Waals surface area (Å²) in [7, 11) is 0. The number of fused-ring (bicyclic) bond motifs is 12. The van der Waals surface area contributed by atoms with Gasteiger partial charge in [0.1, 0.15) is 5.82 Å². The van der Waals surface area contributed by atoms with E-state index in [-0.39, 0.29) is 0 Å². The van der Waals surface area contributed by atoms with Crippen LogP contribution in [0.4, 0.5) is 0 Å². The van der Waals surface area contributed by atoms with Gasteiger partial charge in [0.15, 0.2) is 0 Å². The van der Waals surface area contributed by atoms with Gasteiger partial charge < -0.3 is 4.40 Å². The first-order valence-corrected chi connectivity index (χ1v) is 19.9. The molecule has 0 saturated heterocycles. The Morgan fingerprint density at radius 3 is 1.57 bits per heavy atom. The van der Waals surface area contributed by atoms with Crippen LogP contribution in [0.1, 0.15) is 0 Å². The molecular weight excluding hydrogens is 703 g/mol. The summed E-state index contributed by atoms with van der Waals surface area (Å²) in [4.78, 5) is 5.57. The zero-order chi connectivity index (χ0) is 38.2. The SMILES string of the molecule is c1ccc(-c2cccc(-c3cc(-c4cccc(-c5ccccc5)c4)nc(-n4c5ccccc5c5c6c7ccccc7c7cc8ccccc8n7c6ccc54)c3)c2)cc1. The number of nitrogens with zero attached hydrogens (tertiary/aromatic N) is 3. The lowest BCUT2D eigenvalue weighted by molar-refractivity contribution is 1.08. The van der Waals surface area contributed by atoms with Crippen molar-refractivity contribution in [2.24, 2.45) is 0 Å². The fourth-order valence-electron chi connectivity index (χ4n) is 9.24. The molecule has 12 rings (SSSR count). The van der Waals surface area contributed by atoms with Crippen molar-refractivity contribution in [2.45, 2.75) is 0 Å². The fraction of sp³-hybridized carbons (Fsp3) is 0. The summed E-state index contributed by atoms with van der Waals surface area (Å²) in [5.41, 5.74) is 14.9. The van der Waals surface area contributed by atoms with E-state index in [1.165, 1.54) is 65.6 Å². The molecule has 8 aromatic carbocycles. The Kier molecular flexibility index (Phi) is 7.23. The third-order valence-electron chi connectivity index (χ3n) is 11.8. The molecule has 0 aliphatic carbocycles. The third kappa shape index (κ3) is 5.04. The smallest absolute Gasteiger partial charge is 0.138 e. The lowest BCUT2D eigenvalue weighted by Crippen LogP contribution is -2.00. The van der Waals surface area contributed by atoms with Crippen LogP contribution in [0.2, 0.25) is 0 Å². The van der Waals surface area contributed by atoms with E-state index < -0.39 is 0 Å². The van der Waals surface area contributed by atoms with Crippen LogP contribution in [-0.2, 0) is 0 Å². The molecule has 58 heavy (non-hydrogen) atoms. The van der Waals surface area contributed by atoms with Gasteiger partial charge in [0.25, 0.3) is 0 Å². The normalized spacial score (nSPS) is 11.8. The van der Waals surface area contributed by atoms with Crippen molar-refractivity contribution >= 4 is 59.9 Å². The molecule has 0 aliphatic heterocycles. The Morgan fingerprint density at radius 1 is 0.293 bits per heavy atom. The van der Waals surface area contributed by atoms with Crippen LogP contribution in [0.15, 0.2) is 212 Å². The highest BCUT2D eigenvalue weighted by Gasteiger charge is 2.21. The quantitative estimate of drug-likeness (QED) is 0.161. The van der Waals surface area contributed by atoms with E-state index in [1.807, 2.05) is 0 Å². The van der Waals surface area contributed by atoms with Gasteiger partial charge in [-0.05, 0) is 93.4 Å². The molecule has 270 valence electrons. The molecule has 0 N–H and O–H groups in total. The van der Waals surface area contributed by atoms with Gasteiger partial charge in [0, 0.05) is 32.5 Å². The Labute approximate surface area is 335 Å². The van der Waals surface area contributed by atoms with Crippen LogP contribution >= 0.6 is 0 Å². The minimum Gasteiger partial charge on any atom is -0.309 e. The van der Waals surface area contributed by atoms with E-state index in [4.69, 9.17) is 4.98 Å². The largest absolute Gasteiger partial charge is 0.309 e. The Morgan fingerprint density at radius 2 is 0.828 bits per heavy atom. The summed E-state index contributed by atoms with van der Waals surface area (Å²) >= 11 is 0. The first-order chi connectivity index (χ1) is 28.8. The van der Waals surface area contributed by atoms with Crippen LogP contribution in [0.3, 0.4) is 0 Å². The van der Waals surface area contributed by atoms with Gasteiger partial charge in [0.05, 0.1) is 33.3 Å². The number of aromatic nitrogens is 3. The van der Waals surface area contributed by atoms with E-state index in [9.17, 15) is 0 Å². The minimum atomic E-state index is 0.880. The number of pyridine rings is 2. The Bertz CT molecular complexity index is 3460. The van der Waals surface area contributed by atoms with Crippen LogP contribution < -0.4 is 0 Å². The van der Waals surface area contributed by atoms with Crippen molar-refractivity contribution in [3.63, 3.8) is 0 Å². The summed E-state index contributed by atoms with van der Waals surface area (Å²) in [6.07, 6.45) is 0. The zero-order valence-electron chi connectivity index (χ0n) is 31.5. The molecule has 0 fully saturated rings. The van der Waals surface area contributed by atoms with E-state index in [1.54, 1.807) is 0 Å². The average Bonchev–Trinajstić information content (AvgIpc) is 3.86. The molecule has 0 unspecified atom stereocenters. The second-order valence-corrected chi connectivity index (χ2v) is 15.2. The second kappa shape index (κ2) is 12.9. The predicted octanol–water partition coefficient (Wildman–Crippen LogP) is 14.6. The van der Waals surface area contributed by atoms with E-state index in [2.05, 4.69) is 221 Å². The molecule has 0 radical (unpaired) electrons. The summed E-state index contributed by atoms with van der Waals surface area (Å²) in [6, 6.07) is 76.8. The van der Waals surface area contributed by atoms with Gasteiger partial charge in [-0.2, -0.15) is 0 Å². The van der Waals surface area contributed by atoms with Gasteiger partial charge >= 0.3 is 0 Å². The average molecular weight is 738 g/mol. The molecule has 3 heteroatoms. The van der Waals surface area contributed by atoms with Gasteiger partial charge in [0.2, 0.25) is 0 Å². The maximum absolute atomic E-state index is 5.57.